The normalized spacial score (nSPS) is 36.9. The molecule has 0 spiro atoms. The van der Waals surface area contributed by atoms with E-state index in [0.717, 1.165) is 44.8 Å². The average Bonchev–Trinajstić information content (AvgIpc) is 2.75. The molecule has 0 atom stereocenters. The van der Waals surface area contributed by atoms with E-state index in [1.807, 2.05) is 0 Å². The van der Waals surface area contributed by atoms with Crippen molar-refractivity contribution in [3.8, 4) is 0 Å². The fraction of sp³-hybridized carbons (Fsp3) is 0.955. The Morgan fingerprint density at radius 2 is 1.29 bits per heavy atom. The summed E-state index contributed by atoms with van der Waals surface area (Å²) in [4.78, 5) is 20.6. The second-order valence-corrected chi connectivity index (χ2v) is 9.64. The molecule has 0 unspecified atom stereocenters. The first kappa shape index (κ1) is 20.6. The van der Waals surface area contributed by atoms with Gasteiger partial charge in [-0.2, -0.15) is 0 Å². The summed E-state index contributed by atoms with van der Waals surface area (Å²) in [6, 6.07) is 1.88. The SMILES string of the molecule is CN1CCN(C2CCC(C(=O)NC3CCC(N4CCNCC4)CC3)CC2)CC1. The lowest BCUT2D eigenvalue weighted by molar-refractivity contribution is -0.127. The van der Waals surface area contributed by atoms with Crippen LogP contribution in [0.15, 0.2) is 0 Å². The highest BCUT2D eigenvalue weighted by Gasteiger charge is 2.32. The number of nitrogens with zero attached hydrogens (tertiary/aromatic N) is 3. The summed E-state index contributed by atoms with van der Waals surface area (Å²) in [5, 5.41) is 6.87. The van der Waals surface area contributed by atoms with Crippen LogP contribution in [0.2, 0.25) is 0 Å². The van der Waals surface area contributed by atoms with E-state index in [9.17, 15) is 4.79 Å². The maximum Gasteiger partial charge on any atom is 0.223 e. The van der Waals surface area contributed by atoms with Gasteiger partial charge in [0.15, 0.2) is 0 Å². The third-order valence-corrected chi connectivity index (χ3v) is 7.83. The summed E-state index contributed by atoms with van der Waals surface area (Å²) < 4.78 is 0. The van der Waals surface area contributed by atoms with Crippen LogP contribution in [0.4, 0.5) is 0 Å². The maximum atomic E-state index is 12.8. The Morgan fingerprint density at radius 1 is 0.750 bits per heavy atom. The monoisotopic (exact) mass is 391 g/mol. The van der Waals surface area contributed by atoms with E-state index in [1.165, 1.54) is 65.0 Å². The number of hydrogen-bond acceptors (Lipinski definition) is 5. The van der Waals surface area contributed by atoms with Gasteiger partial charge in [0.25, 0.3) is 0 Å². The fourth-order valence-electron chi connectivity index (χ4n) is 5.84. The summed E-state index contributed by atoms with van der Waals surface area (Å²) in [5.41, 5.74) is 0. The van der Waals surface area contributed by atoms with Gasteiger partial charge in [0.05, 0.1) is 0 Å². The second kappa shape index (κ2) is 9.88. The molecule has 6 heteroatoms. The van der Waals surface area contributed by atoms with Crippen molar-refractivity contribution in [3.63, 3.8) is 0 Å². The predicted molar refractivity (Wildman–Crippen MR) is 113 cm³/mol. The van der Waals surface area contributed by atoms with E-state index in [-0.39, 0.29) is 5.92 Å². The van der Waals surface area contributed by atoms with Crippen molar-refractivity contribution in [3.05, 3.63) is 0 Å². The van der Waals surface area contributed by atoms with Gasteiger partial charge >= 0.3 is 0 Å². The van der Waals surface area contributed by atoms with Gasteiger partial charge in [-0.25, -0.2) is 0 Å². The van der Waals surface area contributed by atoms with Crippen molar-refractivity contribution in [1.82, 2.24) is 25.3 Å². The molecule has 1 amide bonds. The van der Waals surface area contributed by atoms with Gasteiger partial charge in [0.1, 0.15) is 0 Å². The summed E-state index contributed by atoms with van der Waals surface area (Å²) in [6.45, 7) is 9.44. The van der Waals surface area contributed by atoms with E-state index < -0.39 is 0 Å². The van der Waals surface area contributed by atoms with Crippen molar-refractivity contribution < 1.29 is 4.79 Å². The molecule has 2 heterocycles. The molecule has 2 N–H and O–H groups in total. The first-order chi connectivity index (χ1) is 13.7. The Kier molecular flexibility index (Phi) is 7.26. The van der Waals surface area contributed by atoms with Gasteiger partial charge in [-0.3, -0.25) is 14.6 Å². The zero-order chi connectivity index (χ0) is 19.3. The number of carbonyl (C=O) groups is 1. The van der Waals surface area contributed by atoms with Crippen LogP contribution in [0.5, 0.6) is 0 Å². The molecule has 28 heavy (non-hydrogen) atoms. The third-order valence-electron chi connectivity index (χ3n) is 7.83. The standard InChI is InChI=1S/C22H41N5O/c1-25-14-16-27(17-15-25)20-6-2-18(3-7-20)22(28)24-19-4-8-21(9-5-19)26-12-10-23-11-13-26/h18-21,23H,2-17H2,1H3,(H,24,28). The lowest BCUT2D eigenvalue weighted by Gasteiger charge is -2.41. The van der Waals surface area contributed by atoms with Crippen molar-refractivity contribution in [2.24, 2.45) is 5.92 Å². The molecule has 0 aromatic rings. The van der Waals surface area contributed by atoms with Crippen molar-refractivity contribution >= 4 is 5.91 Å². The summed E-state index contributed by atoms with van der Waals surface area (Å²) >= 11 is 0. The van der Waals surface area contributed by atoms with Gasteiger partial charge in [-0.1, -0.05) is 0 Å². The Hall–Kier alpha value is -0.690. The van der Waals surface area contributed by atoms with Crippen LogP contribution in [0, 0.1) is 5.92 Å². The first-order valence-corrected chi connectivity index (χ1v) is 11.9. The number of likely N-dealkylation sites (N-methyl/N-ethyl adjacent to an activating group) is 1. The van der Waals surface area contributed by atoms with Crippen LogP contribution < -0.4 is 10.6 Å². The highest BCUT2D eigenvalue weighted by molar-refractivity contribution is 5.79. The van der Waals surface area contributed by atoms with Gasteiger partial charge in [0.2, 0.25) is 5.91 Å². The topological polar surface area (TPSA) is 50.9 Å². The number of hydrogen-bond donors (Lipinski definition) is 2. The number of carbonyl (C=O) groups excluding carboxylic acids is 1. The Bertz CT molecular complexity index is 485. The molecule has 0 radical (unpaired) electrons. The molecule has 4 fully saturated rings. The van der Waals surface area contributed by atoms with Gasteiger partial charge < -0.3 is 15.5 Å². The van der Waals surface area contributed by atoms with Crippen molar-refractivity contribution in [2.45, 2.75) is 69.5 Å². The predicted octanol–water partition coefficient (Wildman–Crippen LogP) is 1.13. The zero-order valence-electron chi connectivity index (χ0n) is 17.9. The Morgan fingerprint density at radius 3 is 1.89 bits per heavy atom. The molecule has 4 rings (SSSR count). The van der Waals surface area contributed by atoms with Crippen molar-refractivity contribution in [1.29, 1.82) is 0 Å². The smallest absolute Gasteiger partial charge is 0.223 e. The number of nitrogens with one attached hydrogen (secondary N) is 2. The minimum Gasteiger partial charge on any atom is -0.353 e. The molecule has 6 nitrogen and oxygen atoms in total. The summed E-state index contributed by atoms with van der Waals surface area (Å²) in [6.07, 6.45) is 9.41. The van der Waals surface area contributed by atoms with Crippen molar-refractivity contribution in [2.75, 3.05) is 59.4 Å². The molecule has 2 saturated carbocycles. The molecular formula is C22H41N5O. The summed E-state index contributed by atoms with van der Waals surface area (Å²) in [5.74, 6) is 0.608. The molecule has 160 valence electrons. The molecule has 0 aromatic carbocycles. The molecule has 2 saturated heterocycles. The van der Waals surface area contributed by atoms with E-state index >= 15 is 0 Å². The van der Waals surface area contributed by atoms with Crippen LogP contribution in [-0.2, 0) is 4.79 Å². The first-order valence-electron chi connectivity index (χ1n) is 11.9. The highest BCUT2D eigenvalue weighted by atomic mass is 16.1. The van der Waals surface area contributed by atoms with E-state index in [0.29, 0.717) is 18.0 Å². The number of amides is 1. The van der Waals surface area contributed by atoms with Gasteiger partial charge in [-0.05, 0) is 58.4 Å². The maximum absolute atomic E-state index is 12.8. The lowest BCUT2D eigenvalue weighted by atomic mass is 9.83. The zero-order valence-corrected chi connectivity index (χ0v) is 17.9. The van der Waals surface area contributed by atoms with Crippen LogP contribution in [0.1, 0.15) is 51.4 Å². The minimum atomic E-state index is 0.259. The third kappa shape index (κ3) is 5.26. The van der Waals surface area contributed by atoms with E-state index in [4.69, 9.17) is 0 Å². The molecule has 2 aliphatic carbocycles. The number of piperazine rings is 2. The molecule has 0 bridgehead atoms. The second-order valence-electron chi connectivity index (χ2n) is 9.64. The lowest BCUT2D eigenvalue weighted by Crippen LogP contribution is -2.52. The minimum absolute atomic E-state index is 0.259. The van der Waals surface area contributed by atoms with Crippen LogP contribution >= 0.6 is 0 Å². The Labute approximate surface area is 171 Å². The molecular weight excluding hydrogens is 350 g/mol. The molecule has 4 aliphatic rings. The van der Waals surface area contributed by atoms with E-state index in [2.05, 4.69) is 32.4 Å². The molecule has 0 aromatic heterocycles. The quantitative estimate of drug-likeness (QED) is 0.752. The summed E-state index contributed by atoms with van der Waals surface area (Å²) in [7, 11) is 2.22. The average molecular weight is 392 g/mol. The van der Waals surface area contributed by atoms with Crippen LogP contribution in [-0.4, -0.2) is 98.1 Å². The Balaban J connectivity index is 1.15. The van der Waals surface area contributed by atoms with Gasteiger partial charge in [-0.15, -0.1) is 0 Å². The highest BCUT2D eigenvalue weighted by Crippen LogP contribution is 2.29. The largest absolute Gasteiger partial charge is 0.353 e. The number of rotatable bonds is 4. The van der Waals surface area contributed by atoms with Gasteiger partial charge in [0, 0.05) is 76.4 Å². The van der Waals surface area contributed by atoms with Crippen LogP contribution in [0.3, 0.4) is 0 Å². The van der Waals surface area contributed by atoms with E-state index in [1.54, 1.807) is 0 Å². The molecule has 2 aliphatic heterocycles. The fourth-order valence-corrected chi connectivity index (χ4v) is 5.84. The van der Waals surface area contributed by atoms with Crippen LogP contribution in [0.25, 0.3) is 0 Å².